The van der Waals surface area contributed by atoms with Crippen molar-refractivity contribution < 1.29 is 31.4 Å². The van der Waals surface area contributed by atoms with Crippen molar-refractivity contribution in [1.82, 2.24) is 5.06 Å². The lowest BCUT2D eigenvalue weighted by atomic mass is 10.2. The monoisotopic (exact) mass is 433 g/mol. The molecule has 160 valence electrons. The van der Waals surface area contributed by atoms with Crippen molar-refractivity contribution in [3.05, 3.63) is 79.0 Å². The molecule has 9 nitrogen and oxygen atoms in total. The van der Waals surface area contributed by atoms with Gasteiger partial charge in [-0.15, -0.1) is 4.84 Å². The van der Waals surface area contributed by atoms with E-state index in [1.807, 2.05) is 72.3 Å². The van der Waals surface area contributed by atoms with Gasteiger partial charge < -0.3 is 4.55 Å². The first-order chi connectivity index (χ1) is 14.2. The van der Waals surface area contributed by atoms with Gasteiger partial charge in [0.1, 0.15) is 6.20 Å². The van der Waals surface area contributed by atoms with Crippen LogP contribution in [0.1, 0.15) is 12.5 Å². The molecule has 0 aromatic heterocycles. The van der Waals surface area contributed by atoms with E-state index in [9.17, 15) is 17.8 Å². The van der Waals surface area contributed by atoms with Crippen LogP contribution in [0, 0.1) is 0 Å². The fraction of sp³-hybridized carbons (Fsp3) is 0.200. The zero-order valence-corrected chi connectivity index (χ0v) is 17.7. The molecule has 1 aliphatic rings. The number of benzene rings is 2. The quantitative estimate of drug-likeness (QED) is 0.403. The van der Waals surface area contributed by atoms with Crippen molar-refractivity contribution in [1.29, 1.82) is 0 Å². The summed E-state index contributed by atoms with van der Waals surface area (Å²) in [4.78, 5) is 19.9. The topological polar surface area (TPSA) is 102 Å². The van der Waals surface area contributed by atoms with Crippen molar-refractivity contribution >= 4 is 27.8 Å². The van der Waals surface area contributed by atoms with Gasteiger partial charge in [0.05, 0.1) is 25.4 Å². The van der Waals surface area contributed by atoms with Crippen LogP contribution in [0.2, 0.25) is 0 Å². The highest BCUT2D eigenvalue weighted by Gasteiger charge is 2.43. The van der Waals surface area contributed by atoms with Gasteiger partial charge in [0, 0.05) is 6.92 Å². The largest absolute Gasteiger partial charge is 0.726 e. The van der Waals surface area contributed by atoms with Crippen molar-refractivity contribution in [3.63, 3.8) is 0 Å². The summed E-state index contributed by atoms with van der Waals surface area (Å²) in [5.74, 6) is 0.731. The number of para-hydroxylation sites is 1. The number of anilines is 1. The van der Waals surface area contributed by atoms with Crippen molar-refractivity contribution in [3.8, 4) is 0 Å². The third-order valence-electron chi connectivity index (χ3n) is 4.08. The maximum Gasteiger partial charge on any atom is 0.329 e. The molecule has 30 heavy (non-hydrogen) atoms. The molecule has 2 aromatic rings. The average Bonchev–Trinajstić information content (AvgIpc) is 3.05. The van der Waals surface area contributed by atoms with Gasteiger partial charge in [-0.1, -0.05) is 48.0 Å². The molecule has 0 fully saturated rings. The maximum absolute atomic E-state index is 12.3. The van der Waals surface area contributed by atoms with Crippen LogP contribution < -0.4 is 4.90 Å². The Bertz CT molecular complexity index is 1010. The molecule has 3 rings (SSSR count). The molecular weight excluding hydrogens is 410 g/mol. The number of hydroxylamine groups is 2. The summed E-state index contributed by atoms with van der Waals surface area (Å²) in [6.45, 7) is 5.34. The molecule has 1 unspecified atom stereocenters. The number of hydrogen-bond donors (Lipinski definition) is 0. The first-order valence-corrected chi connectivity index (χ1v) is 10.1. The minimum Gasteiger partial charge on any atom is -0.726 e. The Hall–Kier alpha value is -3.05. The van der Waals surface area contributed by atoms with E-state index in [0.29, 0.717) is 0 Å². The van der Waals surface area contributed by atoms with Crippen LogP contribution in [0.3, 0.4) is 0 Å². The van der Waals surface area contributed by atoms with E-state index in [-0.39, 0.29) is 5.91 Å². The van der Waals surface area contributed by atoms with Crippen LogP contribution in [0.15, 0.2) is 73.4 Å². The van der Waals surface area contributed by atoms with Crippen LogP contribution in [-0.4, -0.2) is 54.9 Å². The van der Waals surface area contributed by atoms with Gasteiger partial charge in [-0.2, -0.15) is 0 Å². The predicted octanol–water partition coefficient (Wildman–Crippen LogP) is 1.90. The second kappa shape index (κ2) is 10.1. The van der Waals surface area contributed by atoms with Gasteiger partial charge >= 0.3 is 12.2 Å². The number of amides is 1. The Morgan fingerprint density at radius 1 is 1.20 bits per heavy atom. The molecule has 0 saturated carbocycles. The van der Waals surface area contributed by atoms with E-state index >= 15 is 0 Å². The lowest BCUT2D eigenvalue weighted by Crippen LogP contribution is -2.45. The molecular formula is C20H23N3O6S. The Morgan fingerprint density at radius 2 is 1.70 bits per heavy atom. The van der Waals surface area contributed by atoms with Gasteiger partial charge in [-0.05, 0) is 24.3 Å². The molecule has 0 bridgehead atoms. The third kappa shape index (κ3) is 5.74. The molecule has 2 aromatic carbocycles. The highest BCUT2D eigenvalue weighted by Crippen LogP contribution is 2.24. The third-order valence-corrected chi connectivity index (χ3v) is 4.49. The number of carbonyl (C=O) groups is 1. The van der Waals surface area contributed by atoms with Gasteiger partial charge in [0.25, 0.3) is 0 Å². The van der Waals surface area contributed by atoms with Gasteiger partial charge in [-0.25, -0.2) is 17.9 Å². The highest BCUT2D eigenvalue weighted by molar-refractivity contribution is 7.80. The fourth-order valence-corrected chi connectivity index (χ4v) is 2.80. The summed E-state index contributed by atoms with van der Waals surface area (Å²) in [6, 6.07) is 19.4. The van der Waals surface area contributed by atoms with Crippen molar-refractivity contribution in [2.24, 2.45) is 0 Å². The SMILES string of the molecule is C=CN1OC(N(C(C)=O)c2ccccc2)[N+](C)=C1c1ccccc1.COS(=O)(=O)[O-]. The molecule has 0 aliphatic carbocycles. The van der Waals surface area contributed by atoms with Crippen molar-refractivity contribution in [2.75, 3.05) is 19.1 Å². The van der Waals surface area contributed by atoms with E-state index in [2.05, 4.69) is 10.8 Å². The first kappa shape index (κ1) is 23.2. The Kier molecular flexibility index (Phi) is 7.84. The molecule has 1 atom stereocenters. The van der Waals surface area contributed by atoms with E-state index in [1.165, 1.54) is 6.92 Å². The molecule has 0 N–H and O–H groups in total. The fourth-order valence-electron chi connectivity index (χ4n) is 2.80. The maximum atomic E-state index is 12.3. The van der Waals surface area contributed by atoms with Crippen LogP contribution in [-0.2, 0) is 24.2 Å². The number of rotatable bonds is 5. The molecule has 1 heterocycles. The molecule has 0 radical (unpaired) electrons. The molecule has 10 heteroatoms. The minimum absolute atomic E-state index is 0.101. The summed E-state index contributed by atoms with van der Waals surface area (Å²) in [5.41, 5.74) is 1.76. The summed E-state index contributed by atoms with van der Waals surface area (Å²) in [6.07, 6.45) is 1.01. The van der Waals surface area contributed by atoms with E-state index in [0.717, 1.165) is 24.2 Å². The second-order valence-electron chi connectivity index (χ2n) is 6.04. The molecule has 0 spiro atoms. The van der Waals surface area contributed by atoms with Crippen molar-refractivity contribution in [2.45, 2.75) is 13.3 Å². The van der Waals surface area contributed by atoms with E-state index < -0.39 is 16.8 Å². The standard InChI is InChI=1S/C19H20N3O2.CH4O4S/c1-4-21-18(16-11-7-5-8-12-16)20(3)19(24-21)22(15(2)23)17-13-9-6-10-14-17;1-5-6(2,3)4/h4-14,19H,1H2,2-3H3;1H3,(H,2,3,4)/q+1;/p-1. The predicted molar refractivity (Wildman–Crippen MR) is 110 cm³/mol. The summed E-state index contributed by atoms with van der Waals surface area (Å²) >= 11 is 0. The number of hydrogen-bond acceptors (Lipinski definition) is 7. The zero-order chi connectivity index (χ0) is 22.3. The van der Waals surface area contributed by atoms with E-state index in [1.54, 1.807) is 16.2 Å². The summed E-state index contributed by atoms with van der Waals surface area (Å²) < 4.78 is 32.9. The van der Waals surface area contributed by atoms with Crippen LogP contribution >= 0.6 is 0 Å². The number of amidine groups is 1. The molecule has 0 saturated heterocycles. The summed E-state index contributed by atoms with van der Waals surface area (Å²) in [5, 5.41) is 1.60. The van der Waals surface area contributed by atoms with Crippen LogP contribution in [0.25, 0.3) is 0 Å². The number of carbonyl (C=O) groups excluding carboxylic acids is 1. The number of nitrogens with zero attached hydrogens (tertiary/aromatic N) is 3. The first-order valence-electron chi connectivity index (χ1n) is 8.79. The molecule has 1 amide bonds. The average molecular weight is 433 g/mol. The summed E-state index contributed by atoms with van der Waals surface area (Å²) in [7, 11) is -1.71. The van der Waals surface area contributed by atoms with Gasteiger partial charge in [-0.3, -0.25) is 8.98 Å². The zero-order valence-electron chi connectivity index (χ0n) is 16.8. The minimum atomic E-state index is -4.41. The lowest BCUT2D eigenvalue weighted by Gasteiger charge is -2.24. The van der Waals surface area contributed by atoms with Crippen LogP contribution in [0.5, 0.6) is 0 Å². The van der Waals surface area contributed by atoms with E-state index in [4.69, 9.17) is 4.84 Å². The van der Waals surface area contributed by atoms with Crippen LogP contribution in [0.4, 0.5) is 5.69 Å². The highest BCUT2D eigenvalue weighted by atomic mass is 32.3. The Labute approximate surface area is 176 Å². The normalized spacial score (nSPS) is 16.0. The Morgan fingerprint density at radius 3 is 2.13 bits per heavy atom. The Balaban J connectivity index is 0.000000469. The van der Waals surface area contributed by atoms with Gasteiger partial charge in [0.2, 0.25) is 16.3 Å². The van der Waals surface area contributed by atoms with Gasteiger partial charge in [0.15, 0.2) is 0 Å². The smallest absolute Gasteiger partial charge is 0.329 e. The lowest BCUT2D eigenvalue weighted by molar-refractivity contribution is -0.571. The second-order valence-corrected chi connectivity index (χ2v) is 7.19. The molecule has 1 aliphatic heterocycles.